The van der Waals surface area contributed by atoms with Crippen LogP contribution in [0.5, 0.6) is 0 Å². The predicted molar refractivity (Wildman–Crippen MR) is 120 cm³/mol. The van der Waals surface area contributed by atoms with Crippen LogP contribution in [0.3, 0.4) is 0 Å². The molecule has 6 nitrogen and oxygen atoms in total. The third-order valence-electron chi connectivity index (χ3n) is 5.17. The molecule has 1 atom stereocenters. The number of benzene rings is 2. The molecular weight excluding hydrogens is 448 g/mol. The van der Waals surface area contributed by atoms with Gasteiger partial charge in [0.2, 0.25) is 5.91 Å². The largest absolute Gasteiger partial charge is 0.455 e. The third kappa shape index (κ3) is 4.90. The van der Waals surface area contributed by atoms with Gasteiger partial charge in [-0.25, -0.2) is 0 Å². The Balaban J connectivity index is 1.56. The summed E-state index contributed by atoms with van der Waals surface area (Å²) in [7, 11) is 0. The number of nitrogens with one attached hydrogen (secondary N) is 1. The summed E-state index contributed by atoms with van der Waals surface area (Å²) >= 11 is 3.49. The van der Waals surface area contributed by atoms with Crippen LogP contribution in [0.1, 0.15) is 28.7 Å². The molecule has 158 valence electrons. The van der Waals surface area contributed by atoms with Crippen LogP contribution < -0.4 is 10.2 Å². The second-order valence-electron chi connectivity index (χ2n) is 7.78. The number of halogens is 1. The number of ether oxygens (including phenoxy) is 1. The second kappa shape index (κ2) is 9.00. The van der Waals surface area contributed by atoms with Gasteiger partial charge in [0.15, 0.2) is 6.61 Å². The monoisotopic (exact) mass is 472 g/mol. The Bertz CT molecular complexity index is 995. The molecule has 2 amide bonds. The summed E-state index contributed by atoms with van der Waals surface area (Å²) < 4.78 is 6.18. The zero-order chi connectivity index (χ0) is 22.0. The lowest BCUT2D eigenvalue weighted by atomic mass is 10.1. The number of amides is 2. The minimum atomic E-state index is -0.580. The molecule has 3 rings (SSSR count). The van der Waals surface area contributed by atoms with E-state index in [1.54, 1.807) is 4.90 Å². The van der Waals surface area contributed by atoms with Gasteiger partial charge in [0.05, 0.1) is 5.92 Å². The molecule has 1 fully saturated rings. The first kappa shape index (κ1) is 22.0. The number of hydrogen-bond acceptors (Lipinski definition) is 4. The van der Waals surface area contributed by atoms with Crippen LogP contribution in [-0.4, -0.2) is 30.9 Å². The number of anilines is 2. The molecule has 30 heavy (non-hydrogen) atoms. The SMILES string of the molecule is Cc1ccc(N2C[C@H](C(=O)OCC(=O)Nc3cc(C)c(Br)c(C)c3)CC2=O)c(C)c1. The summed E-state index contributed by atoms with van der Waals surface area (Å²) in [4.78, 5) is 38.7. The highest BCUT2D eigenvalue weighted by Gasteiger charge is 2.36. The summed E-state index contributed by atoms with van der Waals surface area (Å²) in [6, 6.07) is 9.52. The van der Waals surface area contributed by atoms with Crippen molar-refractivity contribution in [3.63, 3.8) is 0 Å². The summed E-state index contributed by atoms with van der Waals surface area (Å²) in [6.07, 6.45) is 0.0822. The van der Waals surface area contributed by atoms with Gasteiger partial charge >= 0.3 is 5.97 Å². The Morgan fingerprint density at radius 3 is 2.40 bits per heavy atom. The van der Waals surface area contributed by atoms with E-state index in [0.29, 0.717) is 5.69 Å². The van der Waals surface area contributed by atoms with Crippen LogP contribution >= 0.6 is 15.9 Å². The lowest BCUT2D eigenvalue weighted by Gasteiger charge is -2.19. The molecule has 0 spiro atoms. The van der Waals surface area contributed by atoms with Gasteiger partial charge in [0.1, 0.15) is 0 Å². The maximum Gasteiger partial charge on any atom is 0.311 e. The van der Waals surface area contributed by atoms with Gasteiger partial charge in [0.25, 0.3) is 5.91 Å². The summed E-state index contributed by atoms with van der Waals surface area (Å²) in [5.41, 5.74) is 5.54. The lowest BCUT2D eigenvalue weighted by Crippen LogP contribution is -2.28. The quantitative estimate of drug-likeness (QED) is 0.660. The Morgan fingerprint density at radius 2 is 1.77 bits per heavy atom. The fourth-order valence-electron chi connectivity index (χ4n) is 3.68. The average Bonchev–Trinajstić information content (AvgIpc) is 3.05. The molecule has 1 saturated heterocycles. The molecule has 0 bridgehead atoms. The average molecular weight is 473 g/mol. The van der Waals surface area contributed by atoms with Crippen molar-refractivity contribution in [2.24, 2.45) is 5.92 Å². The van der Waals surface area contributed by atoms with E-state index in [0.717, 1.165) is 32.4 Å². The first-order valence-corrected chi connectivity index (χ1v) is 10.6. The predicted octanol–water partition coefficient (Wildman–Crippen LogP) is 4.22. The smallest absolute Gasteiger partial charge is 0.311 e. The molecule has 7 heteroatoms. The maximum absolute atomic E-state index is 12.4. The first-order chi connectivity index (χ1) is 14.2. The van der Waals surface area contributed by atoms with Crippen molar-refractivity contribution < 1.29 is 19.1 Å². The van der Waals surface area contributed by atoms with Crippen LogP contribution in [0.15, 0.2) is 34.8 Å². The standard InChI is InChI=1S/C23H25BrN2O4/c1-13-5-6-19(14(2)7-13)26-11-17(10-21(26)28)23(29)30-12-20(27)25-18-8-15(3)22(24)16(4)9-18/h5-9,17H,10-12H2,1-4H3,(H,25,27)/t17-/m1/s1. The van der Waals surface area contributed by atoms with Crippen LogP contribution in [-0.2, 0) is 19.1 Å². The van der Waals surface area contributed by atoms with E-state index >= 15 is 0 Å². The lowest BCUT2D eigenvalue weighted by molar-refractivity contribution is -0.151. The van der Waals surface area contributed by atoms with E-state index < -0.39 is 17.8 Å². The van der Waals surface area contributed by atoms with Crippen LogP contribution in [0, 0.1) is 33.6 Å². The number of rotatable bonds is 5. The molecule has 1 aliphatic rings. The molecule has 0 radical (unpaired) electrons. The molecule has 2 aromatic rings. The van der Waals surface area contributed by atoms with Crippen molar-refractivity contribution in [2.45, 2.75) is 34.1 Å². The number of carbonyl (C=O) groups is 3. The van der Waals surface area contributed by atoms with Crippen molar-refractivity contribution in [2.75, 3.05) is 23.4 Å². The Labute approximate surface area is 184 Å². The molecule has 2 aromatic carbocycles. The summed E-state index contributed by atoms with van der Waals surface area (Å²) in [5.74, 6) is -1.65. The van der Waals surface area contributed by atoms with Crippen molar-refractivity contribution in [3.05, 3.63) is 57.1 Å². The summed E-state index contributed by atoms with van der Waals surface area (Å²) in [5, 5.41) is 2.74. The summed E-state index contributed by atoms with van der Waals surface area (Å²) in [6.45, 7) is 7.67. The Kier molecular flexibility index (Phi) is 6.61. The molecule has 1 N–H and O–H groups in total. The molecule has 1 aliphatic heterocycles. The van der Waals surface area contributed by atoms with Gasteiger partial charge < -0.3 is 15.0 Å². The van der Waals surface area contributed by atoms with Crippen molar-refractivity contribution in [1.82, 2.24) is 0 Å². The van der Waals surface area contributed by atoms with Gasteiger partial charge in [-0.2, -0.15) is 0 Å². The highest BCUT2D eigenvalue weighted by molar-refractivity contribution is 9.10. The van der Waals surface area contributed by atoms with E-state index in [9.17, 15) is 14.4 Å². The van der Waals surface area contributed by atoms with Crippen LogP contribution in [0.2, 0.25) is 0 Å². The van der Waals surface area contributed by atoms with Crippen molar-refractivity contribution in [1.29, 1.82) is 0 Å². The third-order valence-corrected chi connectivity index (χ3v) is 6.42. The Hall–Kier alpha value is -2.67. The van der Waals surface area contributed by atoms with E-state index in [1.807, 2.05) is 58.0 Å². The second-order valence-corrected chi connectivity index (χ2v) is 8.57. The van der Waals surface area contributed by atoms with Gasteiger partial charge in [-0.3, -0.25) is 14.4 Å². The Morgan fingerprint density at radius 1 is 1.10 bits per heavy atom. The van der Waals surface area contributed by atoms with Gasteiger partial charge in [-0.05, 0) is 62.6 Å². The van der Waals surface area contributed by atoms with Gasteiger partial charge in [-0.1, -0.05) is 33.6 Å². The highest BCUT2D eigenvalue weighted by Crippen LogP contribution is 2.29. The molecule has 0 saturated carbocycles. The van der Waals surface area contributed by atoms with Crippen LogP contribution in [0.25, 0.3) is 0 Å². The number of hydrogen-bond donors (Lipinski definition) is 1. The normalized spacial score (nSPS) is 16.0. The van der Waals surface area contributed by atoms with Crippen LogP contribution in [0.4, 0.5) is 11.4 Å². The highest BCUT2D eigenvalue weighted by atomic mass is 79.9. The van der Waals surface area contributed by atoms with Crippen molar-refractivity contribution in [3.8, 4) is 0 Å². The zero-order valence-corrected chi connectivity index (χ0v) is 19.1. The van der Waals surface area contributed by atoms with Gasteiger partial charge in [0, 0.05) is 28.8 Å². The fourth-order valence-corrected chi connectivity index (χ4v) is 3.91. The zero-order valence-electron chi connectivity index (χ0n) is 17.5. The first-order valence-electron chi connectivity index (χ1n) is 9.76. The number of esters is 1. The van der Waals surface area contributed by atoms with Gasteiger partial charge in [-0.15, -0.1) is 0 Å². The minimum absolute atomic E-state index is 0.0822. The number of carbonyl (C=O) groups excluding carboxylic acids is 3. The minimum Gasteiger partial charge on any atom is -0.455 e. The van der Waals surface area contributed by atoms with E-state index in [2.05, 4.69) is 21.2 Å². The fraction of sp³-hybridized carbons (Fsp3) is 0.348. The van der Waals surface area contributed by atoms with Crippen molar-refractivity contribution >= 4 is 45.1 Å². The molecule has 0 aliphatic carbocycles. The molecule has 0 unspecified atom stereocenters. The molecular formula is C23H25BrN2O4. The maximum atomic E-state index is 12.4. The molecule has 0 aromatic heterocycles. The van der Waals surface area contributed by atoms with E-state index in [4.69, 9.17) is 4.74 Å². The number of aryl methyl sites for hydroxylation is 4. The number of nitrogens with zero attached hydrogens (tertiary/aromatic N) is 1. The van der Waals surface area contributed by atoms with E-state index in [-0.39, 0.29) is 25.5 Å². The van der Waals surface area contributed by atoms with E-state index in [1.165, 1.54) is 0 Å². The topological polar surface area (TPSA) is 75.7 Å². The molecule has 1 heterocycles.